The Morgan fingerprint density at radius 3 is 2.43 bits per heavy atom. The molecule has 0 spiro atoms. The first kappa shape index (κ1) is 18.2. The summed E-state index contributed by atoms with van der Waals surface area (Å²) in [4.78, 5) is 14.8. The number of carbonyl (C=O) groups excluding carboxylic acids is 1. The Morgan fingerprint density at radius 2 is 1.87 bits per heavy atom. The topological polar surface area (TPSA) is 55.6 Å². The van der Waals surface area contributed by atoms with Gasteiger partial charge in [0, 0.05) is 26.3 Å². The number of benzene rings is 1. The lowest BCUT2D eigenvalue weighted by molar-refractivity contribution is -0.141. The van der Waals surface area contributed by atoms with Crippen molar-refractivity contribution in [1.82, 2.24) is 4.90 Å². The van der Waals surface area contributed by atoms with E-state index < -0.39 is 5.54 Å². The summed E-state index contributed by atoms with van der Waals surface area (Å²) in [5.41, 5.74) is 6.47. The maximum atomic E-state index is 13.0. The number of hydrogen-bond donors (Lipinski definition) is 1. The van der Waals surface area contributed by atoms with Gasteiger partial charge in [-0.05, 0) is 49.3 Å². The van der Waals surface area contributed by atoms with E-state index in [2.05, 4.69) is 0 Å². The van der Waals surface area contributed by atoms with Crippen LogP contribution in [0, 0.1) is 11.7 Å². The van der Waals surface area contributed by atoms with Gasteiger partial charge in [0.15, 0.2) is 0 Å². The van der Waals surface area contributed by atoms with E-state index in [0.717, 1.165) is 12.1 Å². The average Bonchev–Trinajstić information content (AvgIpc) is 3.33. The minimum atomic E-state index is -0.812. The summed E-state index contributed by atoms with van der Waals surface area (Å²) >= 11 is 0. The highest BCUT2D eigenvalue weighted by Crippen LogP contribution is 2.32. The highest BCUT2D eigenvalue weighted by atomic mass is 35.5. The fraction of sp³-hybridized carbons (Fsp3) is 0.588. The lowest BCUT2D eigenvalue weighted by atomic mass is 9.89. The summed E-state index contributed by atoms with van der Waals surface area (Å²) in [6.07, 6.45) is 3.48. The second-order valence-electron chi connectivity index (χ2n) is 6.52. The number of ether oxygens (including phenoxy) is 1. The third-order valence-corrected chi connectivity index (χ3v) is 4.56. The van der Waals surface area contributed by atoms with Gasteiger partial charge in [0.1, 0.15) is 5.82 Å². The van der Waals surface area contributed by atoms with Gasteiger partial charge in [0.25, 0.3) is 0 Å². The zero-order valence-corrected chi connectivity index (χ0v) is 14.0. The first-order valence-corrected chi connectivity index (χ1v) is 7.97. The van der Waals surface area contributed by atoms with Crippen LogP contribution in [0.3, 0.4) is 0 Å². The lowest BCUT2D eigenvalue weighted by Gasteiger charge is -2.37. The van der Waals surface area contributed by atoms with Crippen molar-refractivity contribution in [2.45, 2.75) is 37.8 Å². The Labute approximate surface area is 142 Å². The average molecular weight is 343 g/mol. The molecule has 1 saturated carbocycles. The molecule has 1 aliphatic heterocycles. The van der Waals surface area contributed by atoms with Crippen molar-refractivity contribution in [2.75, 3.05) is 19.8 Å². The SMILES string of the molecule is Cl.NC1(C(=O)N(Cc2ccc(F)cc2)CC2CC2)CCOCC1. The van der Waals surface area contributed by atoms with Crippen LogP contribution in [0.25, 0.3) is 0 Å². The Balaban J connectivity index is 0.00000192. The van der Waals surface area contributed by atoms with E-state index in [1.165, 1.54) is 25.0 Å². The van der Waals surface area contributed by atoms with Gasteiger partial charge < -0.3 is 15.4 Å². The molecule has 0 unspecified atom stereocenters. The molecular formula is C17H24ClFN2O2. The molecule has 0 atom stereocenters. The summed E-state index contributed by atoms with van der Waals surface area (Å²) in [5, 5.41) is 0. The van der Waals surface area contributed by atoms with E-state index in [4.69, 9.17) is 10.5 Å². The van der Waals surface area contributed by atoms with Crippen molar-refractivity contribution in [2.24, 2.45) is 11.7 Å². The second-order valence-corrected chi connectivity index (χ2v) is 6.52. The predicted octanol–water partition coefficient (Wildman–Crippen LogP) is 2.49. The zero-order valence-electron chi connectivity index (χ0n) is 13.2. The van der Waals surface area contributed by atoms with Crippen molar-refractivity contribution in [3.8, 4) is 0 Å². The number of amides is 1. The van der Waals surface area contributed by atoms with Crippen molar-refractivity contribution >= 4 is 18.3 Å². The first-order valence-electron chi connectivity index (χ1n) is 7.97. The summed E-state index contributed by atoms with van der Waals surface area (Å²) < 4.78 is 18.4. The number of halogens is 2. The summed E-state index contributed by atoms with van der Waals surface area (Å²) in [6.45, 7) is 2.32. The maximum Gasteiger partial charge on any atom is 0.243 e. The van der Waals surface area contributed by atoms with Gasteiger partial charge in [0.05, 0.1) is 5.54 Å². The Hall–Kier alpha value is -1.17. The molecule has 128 valence electrons. The van der Waals surface area contributed by atoms with Gasteiger partial charge in [0.2, 0.25) is 5.91 Å². The van der Waals surface area contributed by atoms with Gasteiger partial charge in [-0.25, -0.2) is 4.39 Å². The van der Waals surface area contributed by atoms with Crippen LogP contribution in [0.5, 0.6) is 0 Å². The molecule has 1 aromatic carbocycles. The van der Waals surface area contributed by atoms with Crippen LogP contribution in [0.2, 0.25) is 0 Å². The van der Waals surface area contributed by atoms with Crippen LogP contribution < -0.4 is 5.73 Å². The van der Waals surface area contributed by atoms with E-state index >= 15 is 0 Å². The number of nitrogens with zero attached hydrogens (tertiary/aromatic N) is 1. The smallest absolute Gasteiger partial charge is 0.243 e. The Kier molecular flexibility index (Phi) is 6.00. The van der Waals surface area contributed by atoms with E-state index in [-0.39, 0.29) is 24.1 Å². The van der Waals surface area contributed by atoms with Crippen LogP contribution in [0.15, 0.2) is 24.3 Å². The van der Waals surface area contributed by atoms with E-state index in [1.54, 1.807) is 12.1 Å². The van der Waals surface area contributed by atoms with Crippen LogP contribution >= 0.6 is 12.4 Å². The molecule has 1 aromatic rings. The number of hydrogen-bond acceptors (Lipinski definition) is 3. The maximum absolute atomic E-state index is 13.0. The predicted molar refractivity (Wildman–Crippen MR) is 88.8 cm³/mol. The van der Waals surface area contributed by atoms with Crippen molar-refractivity contribution in [3.63, 3.8) is 0 Å². The second kappa shape index (κ2) is 7.60. The van der Waals surface area contributed by atoms with Gasteiger partial charge in [-0.3, -0.25) is 4.79 Å². The van der Waals surface area contributed by atoms with E-state index in [0.29, 0.717) is 38.5 Å². The van der Waals surface area contributed by atoms with Gasteiger partial charge in [-0.2, -0.15) is 0 Å². The molecule has 0 aromatic heterocycles. The van der Waals surface area contributed by atoms with Crippen LogP contribution in [-0.2, 0) is 16.1 Å². The van der Waals surface area contributed by atoms with E-state index in [9.17, 15) is 9.18 Å². The van der Waals surface area contributed by atoms with Crippen molar-refractivity contribution < 1.29 is 13.9 Å². The van der Waals surface area contributed by atoms with Gasteiger partial charge >= 0.3 is 0 Å². The van der Waals surface area contributed by atoms with Crippen LogP contribution in [-0.4, -0.2) is 36.1 Å². The molecule has 2 N–H and O–H groups in total. The monoisotopic (exact) mass is 342 g/mol. The number of nitrogens with two attached hydrogens (primary N) is 1. The normalized spacial score (nSPS) is 19.7. The van der Waals surface area contributed by atoms with Gasteiger partial charge in [-0.15, -0.1) is 12.4 Å². The molecule has 3 rings (SSSR count). The molecule has 2 aliphatic rings. The fourth-order valence-electron chi connectivity index (χ4n) is 2.91. The molecule has 4 nitrogen and oxygen atoms in total. The minimum Gasteiger partial charge on any atom is -0.381 e. The molecule has 1 aliphatic carbocycles. The van der Waals surface area contributed by atoms with E-state index in [1.807, 2.05) is 4.90 Å². The summed E-state index contributed by atoms with van der Waals surface area (Å²) in [7, 11) is 0. The molecule has 1 saturated heterocycles. The largest absolute Gasteiger partial charge is 0.381 e. The Morgan fingerprint density at radius 1 is 1.26 bits per heavy atom. The highest BCUT2D eigenvalue weighted by molar-refractivity contribution is 5.86. The lowest BCUT2D eigenvalue weighted by Crippen LogP contribution is -2.58. The van der Waals surface area contributed by atoms with Crippen LogP contribution in [0.1, 0.15) is 31.2 Å². The summed E-state index contributed by atoms with van der Waals surface area (Å²) in [5.74, 6) is 0.336. The molecule has 1 heterocycles. The molecule has 6 heteroatoms. The van der Waals surface area contributed by atoms with Gasteiger partial charge in [-0.1, -0.05) is 12.1 Å². The highest BCUT2D eigenvalue weighted by Gasteiger charge is 2.40. The zero-order chi connectivity index (χ0) is 15.6. The third-order valence-electron chi connectivity index (χ3n) is 4.56. The molecule has 0 bridgehead atoms. The minimum absolute atomic E-state index is 0. The fourth-order valence-corrected chi connectivity index (χ4v) is 2.91. The Bertz CT molecular complexity index is 528. The molecular weight excluding hydrogens is 319 g/mol. The number of rotatable bonds is 5. The van der Waals surface area contributed by atoms with Crippen molar-refractivity contribution in [1.29, 1.82) is 0 Å². The molecule has 0 radical (unpaired) electrons. The number of carbonyl (C=O) groups is 1. The summed E-state index contributed by atoms with van der Waals surface area (Å²) in [6, 6.07) is 6.33. The molecule has 1 amide bonds. The first-order chi connectivity index (χ1) is 10.6. The third kappa shape index (κ3) is 4.66. The molecule has 23 heavy (non-hydrogen) atoms. The molecule has 2 fully saturated rings. The van der Waals surface area contributed by atoms with Crippen molar-refractivity contribution in [3.05, 3.63) is 35.6 Å². The van der Waals surface area contributed by atoms with Crippen LogP contribution in [0.4, 0.5) is 4.39 Å². The standard InChI is InChI=1S/C17H23FN2O2.ClH/c18-15-5-3-14(4-6-15)12-20(11-13-1-2-13)16(21)17(19)7-9-22-10-8-17;/h3-6,13H,1-2,7-12,19H2;1H. The quantitative estimate of drug-likeness (QED) is 0.894.